The maximum atomic E-state index is 6.07. The molecule has 0 saturated heterocycles. The molecule has 2 aromatic rings. The van der Waals surface area contributed by atoms with E-state index in [1.54, 1.807) is 6.07 Å². The zero-order valence-corrected chi connectivity index (χ0v) is 13.1. The topological polar surface area (TPSA) is 69.6 Å². The van der Waals surface area contributed by atoms with Crippen molar-refractivity contribution in [3.63, 3.8) is 0 Å². The number of nitrogens with two attached hydrogens (primary N) is 1. The summed E-state index contributed by atoms with van der Waals surface area (Å²) in [6.45, 7) is 4.58. The minimum absolute atomic E-state index is 0.335. The first-order valence-corrected chi connectivity index (χ1v) is 7.77. The summed E-state index contributed by atoms with van der Waals surface area (Å²) < 4.78 is 1.94. The van der Waals surface area contributed by atoms with E-state index < -0.39 is 0 Å². The lowest BCUT2D eigenvalue weighted by Gasteiger charge is -2.32. The number of nitrogen functional groups attached to an aromatic ring is 1. The van der Waals surface area contributed by atoms with E-state index in [4.69, 9.17) is 17.3 Å². The Morgan fingerprint density at radius 1 is 1.29 bits per heavy atom. The van der Waals surface area contributed by atoms with E-state index >= 15 is 0 Å². The van der Waals surface area contributed by atoms with Crippen LogP contribution in [0.2, 0.25) is 5.02 Å². The van der Waals surface area contributed by atoms with Gasteiger partial charge in [-0.1, -0.05) is 25.4 Å². The third kappa shape index (κ3) is 2.75. The van der Waals surface area contributed by atoms with Crippen molar-refractivity contribution in [1.82, 2.24) is 20.2 Å². The molecule has 1 fully saturated rings. The highest BCUT2D eigenvalue weighted by atomic mass is 35.5. The normalized spacial score (nSPS) is 26.0. The second-order valence-corrected chi connectivity index (χ2v) is 6.58. The SMILES string of the molecule is CC1CCC(n2nnnc2-c2ccc(Cl)cc2N)C(C)C1. The molecule has 1 heterocycles. The van der Waals surface area contributed by atoms with Gasteiger partial charge in [0, 0.05) is 16.3 Å². The van der Waals surface area contributed by atoms with Gasteiger partial charge in [-0.15, -0.1) is 5.10 Å². The standard InChI is InChI=1S/C15H20ClN5/c1-9-3-6-14(10(2)7-9)21-15(18-19-20-21)12-5-4-11(16)8-13(12)17/h4-5,8-10,14H,3,6-7,17H2,1-2H3. The van der Waals surface area contributed by atoms with Gasteiger partial charge in [-0.2, -0.15) is 0 Å². The highest BCUT2D eigenvalue weighted by Gasteiger charge is 2.30. The van der Waals surface area contributed by atoms with Crippen LogP contribution in [0.4, 0.5) is 5.69 Å². The summed E-state index contributed by atoms with van der Waals surface area (Å²) in [5.41, 5.74) is 7.52. The van der Waals surface area contributed by atoms with E-state index in [9.17, 15) is 0 Å². The van der Waals surface area contributed by atoms with E-state index in [-0.39, 0.29) is 0 Å². The molecule has 5 nitrogen and oxygen atoms in total. The Kier molecular flexibility index (Phi) is 3.85. The molecule has 0 radical (unpaired) electrons. The van der Waals surface area contributed by atoms with Crippen molar-refractivity contribution in [2.45, 2.75) is 39.2 Å². The van der Waals surface area contributed by atoms with E-state index in [1.807, 2.05) is 16.8 Å². The van der Waals surface area contributed by atoms with Gasteiger partial charge < -0.3 is 5.73 Å². The number of benzene rings is 1. The van der Waals surface area contributed by atoms with Gasteiger partial charge in [0.1, 0.15) is 0 Å². The minimum Gasteiger partial charge on any atom is -0.398 e. The summed E-state index contributed by atoms with van der Waals surface area (Å²) in [5, 5.41) is 12.9. The molecule has 3 unspecified atom stereocenters. The number of hydrogen-bond donors (Lipinski definition) is 1. The van der Waals surface area contributed by atoms with Crippen molar-refractivity contribution in [1.29, 1.82) is 0 Å². The number of rotatable bonds is 2. The summed E-state index contributed by atoms with van der Waals surface area (Å²) in [6, 6.07) is 5.78. The fourth-order valence-corrected chi connectivity index (χ4v) is 3.52. The highest BCUT2D eigenvalue weighted by Crippen LogP contribution is 2.38. The van der Waals surface area contributed by atoms with Crippen LogP contribution in [-0.4, -0.2) is 20.2 Å². The number of anilines is 1. The minimum atomic E-state index is 0.335. The molecule has 1 aliphatic carbocycles. The Morgan fingerprint density at radius 2 is 2.10 bits per heavy atom. The zero-order chi connectivity index (χ0) is 15.0. The second-order valence-electron chi connectivity index (χ2n) is 6.14. The molecule has 0 aliphatic heterocycles. The van der Waals surface area contributed by atoms with Crippen molar-refractivity contribution < 1.29 is 0 Å². The van der Waals surface area contributed by atoms with Crippen LogP contribution < -0.4 is 5.73 Å². The van der Waals surface area contributed by atoms with Gasteiger partial charge in [-0.05, 0) is 59.7 Å². The molecule has 3 rings (SSSR count). The molecule has 1 saturated carbocycles. The average Bonchev–Trinajstić information content (AvgIpc) is 2.87. The lowest BCUT2D eigenvalue weighted by Crippen LogP contribution is -2.26. The van der Waals surface area contributed by atoms with E-state index in [1.165, 1.54) is 12.8 Å². The quantitative estimate of drug-likeness (QED) is 0.861. The van der Waals surface area contributed by atoms with Crippen LogP contribution in [0.5, 0.6) is 0 Å². The van der Waals surface area contributed by atoms with Crippen LogP contribution >= 0.6 is 11.6 Å². The Labute approximate surface area is 129 Å². The van der Waals surface area contributed by atoms with E-state index in [0.717, 1.165) is 23.7 Å². The van der Waals surface area contributed by atoms with Crippen molar-refractivity contribution in [2.75, 3.05) is 5.73 Å². The molecule has 0 amide bonds. The van der Waals surface area contributed by atoms with Crippen molar-refractivity contribution >= 4 is 17.3 Å². The summed E-state index contributed by atoms with van der Waals surface area (Å²) in [4.78, 5) is 0. The van der Waals surface area contributed by atoms with Crippen LogP contribution in [0.15, 0.2) is 18.2 Å². The van der Waals surface area contributed by atoms with Crippen LogP contribution in [0.25, 0.3) is 11.4 Å². The summed E-state index contributed by atoms with van der Waals surface area (Å²) in [5.74, 6) is 2.07. The van der Waals surface area contributed by atoms with Crippen molar-refractivity contribution in [3.8, 4) is 11.4 Å². The Morgan fingerprint density at radius 3 is 2.81 bits per heavy atom. The smallest absolute Gasteiger partial charge is 0.184 e. The molecule has 112 valence electrons. The highest BCUT2D eigenvalue weighted by molar-refractivity contribution is 6.31. The van der Waals surface area contributed by atoms with Crippen molar-refractivity contribution in [3.05, 3.63) is 23.2 Å². The van der Waals surface area contributed by atoms with Gasteiger partial charge in [-0.3, -0.25) is 0 Å². The van der Waals surface area contributed by atoms with Crippen molar-refractivity contribution in [2.24, 2.45) is 11.8 Å². The van der Waals surface area contributed by atoms with Gasteiger partial charge >= 0.3 is 0 Å². The van der Waals surface area contributed by atoms with Gasteiger partial charge in [0.15, 0.2) is 5.82 Å². The molecule has 1 aromatic carbocycles. The van der Waals surface area contributed by atoms with Crippen LogP contribution in [0.1, 0.15) is 39.2 Å². The molecule has 6 heteroatoms. The third-order valence-corrected chi connectivity index (χ3v) is 4.68. The molecule has 1 aromatic heterocycles. The van der Waals surface area contributed by atoms with Gasteiger partial charge in [0.05, 0.1) is 6.04 Å². The number of aromatic nitrogens is 4. The van der Waals surface area contributed by atoms with E-state index in [2.05, 4.69) is 29.4 Å². The molecule has 3 atom stereocenters. The fourth-order valence-electron chi connectivity index (χ4n) is 3.34. The maximum Gasteiger partial charge on any atom is 0.184 e. The summed E-state index contributed by atoms with van der Waals surface area (Å²) in [7, 11) is 0. The number of tetrazole rings is 1. The lowest BCUT2D eigenvalue weighted by atomic mass is 9.80. The first-order chi connectivity index (χ1) is 10.1. The molecule has 2 N–H and O–H groups in total. The van der Waals surface area contributed by atoms with Crippen LogP contribution in [0.3, 0.4) is 0 Å². The number of halogens is 1. The monoisotopic (exact) mass is 305 g/mol. The average molecular weight is 306 g/mol. The van der Waals surface area contributed by atoms with Crippen LogP contribution in [0, 0.1) is 11.8 Å². The first-order valence-electron chi connectivity index (χ1n) is 7.39. The van der Waals surface area contributed by atoms with Crippen LogP contribution in [-0.2, 0) is 0 Å². The van der Waals surface area contributed by atoms with Gasteiger partial charge in [0.25, 0.3) is 0 Å². The van der Waals surface area contributed by atoms with Gasteiger partial charge in [-0.25, -0.2) is 4.68 Å². The number of hydrogen-bond acceptors (Lipinski definition) is 4. The largest absolute Gasteiger partial charge is 0.398 e. The Balaban J connectivity index is 1.97. The van der Waals surface area contributed by atoms with Gasteiger partial charge in [0.2, 0.25) is 0 Å². The Hall–Kier alpha value is -1.62. The molecule has 0 bridgehead atoms. The molecule has 1 aliphatic rings. The third-order valence-electron chi connectivity index (χ3n) is 4.45. The Bertz CT molecular complexity index is 639. The summed E-state index contributed by atoms with van der Waals surface area (Å²) >= 11 is 5.97. The molecular weight excluding hydrogens is 286 g/mol. The number of nitrogens with zero attached hydrogens (tertiary/aromatic N) is 4. The first kappa shape index (κ1) is 14.3. The second kappa shape index (κ2) is 5.64. The molecule has 0 spiro atoms. The maximum absolute atomic E-state index is 6.07. The molecular formula is C15H20ClN5. The summed E-state index contributed by atoms with van der Waals surface area (Å²) in [6.07, 6.45) is 3.53. The lowest BCUT2D eigenvalue weighted by molar-refractivity contribution is 0.194. The zero-order valence-electron chi connectivity index (χ0n) is 12.3. The van der Waals surface area contributed by atoms with E-state index in [0.29, 0.717) is 22.7 Å². The predicted octanol–water partition coefficient (Wildman–Crippen LogP) is 3.57. The predicted molar refractivity (Wildman–Crippen MR) is 83.9 cm³/mol. The fraction of sp³-hybridized carbons (Fsp3) is 0.533. The molecule has 21 heavy (non-hydrogen) atoms.